The van der Waals surface area contributed by atoms with Gasteiger partial charge in [0, 0.05) is 14.1 Å². The van der Waals surface area contributed by atoms with E-state index < -0.39 is 0 Å². The van der Waals surface area contributed by atoms with Crippen molar-refractivity contribution in [1.82, 2.24) is 4.90 Å². The van der Waals surface area contributed by atoms with Gasteiger partial charge >= 0.3 is 5.97 Å². The monoisotopic (exact) mass is 169 g/mol. The van der Waals surface area contributed by atoms with Crippen LogP contribution in [0.3, 0.4) is 0 Å². The lowest BCUT2D eigenvalue weighted by molar-refractivity contribution is -0.140. The zero-order valence-electron chi connectivity index (χ0n) is 7.83. The van der Waals surface area contributed by atoms with E-state index in [4.69, 9.17) is 4.74 Å². The van der Waals surface area contributed by atoms with Crippen molar-refractivity contribution in [3.8, 4) is 0 Å². The van der Waals surface area contributed by atoms with Crippen molar-refractivity contribution >= 4 is 5.97 Å². The van der Waals surface area contributed by atoms with Gasteiger partial charge in [0.05, 0.1) is 6.61 Å². The molecule has 0 aliphatic heterocycles. The molecular formula is C9H15NO2. The quantitative estimate of drug-likeness (QED) is 0.359. The summed E-state index contributed by atoms with van der Waals surface area (Å²) in [6.45, 7) is 5.68. The van der Waals surface area contributed by atoms with E-state index in [0.717, 1.165) is 0 Å². The lowest BCUT2D eigenvalue weighted by atomic mass is 10.3. The molecule has 0 bridgehead atoms. The molecule has 0 amide bonds. The maximum atomic E-state index is 11.2. The smallest absolute Gasteiger partial charge is 0.354 e. The number of rotatable bonds is 4. The Bertz CT molecular complexity index is 195. The topological polar surface area (TPSA) is 29.5 Å². The summed E-state index contributed by atoms with van der Waals surface area (Å²) in [5.41, 5.74) is 0.506. The van der Waals surface area contributed by atoms with Gasteiger partial charge in [-0.15, -0.1) is 0 Å². The van der Waals surface area contributed by atoms with Crippen molar-refractivity contribution in [2.45, 2.75) is 6.92 Å². The number of esters is 1. The van der Waals surface area contributed by atoms with Crippen LogP contribution in [0.15, 0.2) is 24.4 Å². The van der Waals surface area contributed by atoms with E-state index in [1.165, 1.54) is 0 Å². The van der Waals surface area contributed by atoms with E-state index >= 15 is 0 Å². The van der Waals surface area contributed by atoms with Gasteiger partial charge in [-0.25, -0.2) is 4.79 Å². The fourth-order valence-electron chi connectivity index (χ4n) is 0.716. The molecule has 0 saturated heterocycles. The van der Waals surface area contributed by atoms with Crippen molar-refractivity contribution < 1.29 is 9.53 Å². The third-order valence-corrected chi connectivity index (χ3v) is 1.24. The maximum absolute atomic E-state index is 11.2. The predicted molar refractivity (Wildman–Crippen MR) is 48.6 cm³/mol. The predicted octanol–water partition coefficient (Wildman–Crippen LogP) is 1.18. The van der Waals surface area contributed by atoms with E-state index in [1.807, 2.05) is 0 Å². The van der Waals surface area contributed by atoms with Gasteiger partial charge in [0.25, 0.3) is 0 Å². The average molecular weight is 169 g/mol. The van der Waals surface area contributed by atoms with Gasteiger partial charge in [0.1, 0.15) is 5.70 Å². The molecule has 0 rings (SSSR count). The fourth-order valence-corrected chi connectivity index (χ4v) is 0.716. The number of hydrogen-bond donors (Lipinski definition) is 0. The summed E-state index contributed by atoms with van der Waals surface area (Å²) < 4.78 is 4.82. The van der Waals surface area contributed by atoms with Gasteiger partial charge in [-0.2, -0.15) is 0 Å². The Labute approximate surface area is 73.3 Å². The minimum absolute atomic E-state index is 0.317. The molecule has 0 N–H and O–H groups in total. The van der Waals surface area contributed by atoms with E-state index in [1.54, 1.807) is 38.1 Å². The Balaban J connectivity index is 4.41. The Morgan fingerprint density at radius 2 is 2.17 bits per heavy atom. The molecule has 0 radical (unpaired) electrons. The van der Waals surface area contributed by atoms with Crippen LogP contribution >= 0.6 is 0 Å². The molecule has 3 nitrogen and oxygen atoms in total. The molecule has 0 aromatic heterocycles. The van der Waals surface area contributed by atoms with E-state index in [2.05, 4.69) is 6.58 Å². The average Bonchev–Trinajstić information content (AvgIpc) is 1.99. The normalized spacial score (nSPS) is 10.8. The number of carbonyl (C=O) groups is 1. The van der Waals surface area contributed by atoms with Crippen molar-refractivity contribution in [3.63, 3.8) is 0 Å². The van der Waals surface area contributed by atoms with Crippen LogP contribution in [0.1, 0.15) is 6.92 Å². The van der Waals surface area contributed by atoms with Gasteiger partial charge < -0.3 is 9.64 Å². The number of ether oxygens (including phenoxy) is 1. The van der Waals surface area contributed by atoms with E-state index in [9.17, 15) is 4.79 Å². The molecular weight excluding hydrogens is 154 g/mol. The van der Waals surface area contributed by atoms with Crippen molar-refractivity contribution in [2.75, 3.05) is 20.7 Å². The zero-order valence-corrected chi connectivity index (χ0v) is 7.83. The molecule has 3 heteroatoms. The zero-order chi connectivity index (χ0) is 9.56. The summed E-state index contributed by atoms with van der Waals surface area (Å²) in [5, 5.41) is 0. The molecule has 0 heterocycles. The van der Waals surface area contributed by atoms with Crippen LogP contribution in [0.5, 0.6) is 0 Å². The van der Waals surface area contributed by atoms with Crippen LogP contribution in [-0.2, 0) is 9.53 Å². The minimum Gasteiger partial charge on any atom is -0.461 e. The molecule has 0 fully saturated rings. The lowest BCUT2D eigenvalue weighted by Gasteiger charge is -2.14. The van der Waals surface area contributed by atoms with E-state index in [0.29, 0.717) is 12.3 Å². The SMILES string of the molecule is C=C/C=C(/C(=O)OCC)N(C)C. The standard InChI is InChI=1S/C9H15NO2/c1-5-7-8(10(3)4)9(11)12-6-2/h5,7H,1,6H2,2-4H3/b8-7-. The highest BCUT2D eigenvalue weighted by molar-refractivity contribution is 5.87. The summed E-state index contributed by atoms with van der Waals surface area (Å²) >= 11 is 0. The van der Waals surface area contributed by atoms with Gasteiger partial charge in [-0.05, 0) is 13.0 Å². The van der Waals surface area contributed by atoms with Crippen LogP contribution in [0.2, 0.25) is 0 Å². The van der Waals surface area contributed by atoms with Gasteiger partial charge in [-0.3, -0.25) is 0 Å². The largest absolute Gasteiger partial charge is 0.461 e. The van der Waals surface area contributed by atoms with Gasteiger partial charge in [0.2, 0.25) is 0 Å². The van der Waals surface area contributed by atoms with Gasteiger partial charge in [0.15, 0.2) is 0 Å². The van der Waals surface area contributed by atoms with Crippen LogP contribution in [-0.4, -0.2) is 31.6 Å². The van der Waals surface area contributed by atoms with Crippen LogP contribution < -0.4 is 0 Å². The molecule has 0 spiro atoms. The van der Waals surface area contributed by atoms with Crippen LogP contribution in [0, 0.1) is 0 Å². The summed E-state index contributed by atoms with van der Waals surface area (Å²) in [5.74, 6) is -0.317. The number of nitrogens with zero attached hydrogens (tertiary/aromatic N) is 1. The van der Waals surface area contributed by atoms with Crippen LogP contribution in [0.4, 0.5) is 0 Å². The second kappa shape index (κ2) is 5.41. The highest BCUT2D eigenvalue weighted by Gasteiger charge is 2.10. The highest BCUT2D eigenvalue weighted by atomic mass is 16.5. The molecule has 0 unspecified atom stereocenters. The molecule has 68 valence electrons. The first kappa shape index (κ1) is 10.8. The first-order valence-corrected chi connectivity index (χ1v) is 3.80. The second-order valence-electron chi connectivity index (χ2n) is 2.40. The summed E-state index contributed by atoms with van der Waals surface area (Å²) in [6, 6.07) is 0. The van der Waals surface area contributed by atoms with E-state index in [-0.39, 0.29) is 5.97 Å². The minimum atomic E-state index is -0.317. The molecule has 0 aromatic carbocycles. The first-order chi connectivity index (χ1) is 5.63. The third-order valence-electron chi connectivity index (χ3n) is 1.24. The van der Waals surface area contributed by atoms with Crippen molar-refractivity contribution in [2.24, 2.45) is 0 Å². The third kappa shape index (κ3) is 3.23. The Morgan fingerprint density at radius 1 is 1.58 bits per heavy atom. The molecule has 0 atom stereocenters. The molecule has 0 aliphatic carbocycles. The summed E-state index contributed by atoms with van der Waals surface area (Å²) in [4.78, 5) is 12.9. The number of hydrogen-bond acceptors (Lipinski definition) is 3. The summed E-state index contributed by atoms with van der Waals surface area (Å²) in [6.07, 6.45) is 3.18. The molecule has 0 aliphatic rings. The Kier molecular flexibility index (Phi) is 4.84. The number of likely N-dealkylation sites (N-methyl/N-ethyl adjacent to an activating group) is 1. The van der Waals surface area contributed by atoms with Gasteiger partial charge in [-0.1, -0.05) is 12.7 Å². The van der Waals surface area contributed by atoms with Crippen LogP contribution in [0.25, 0.3) is 0 Å². The molecule has 0 aromatic rings. The Hall–Kier alpha value is -1.25. The maximum Gasteiger partial charge on any atom is 0.354 e. The second-order valence-corrected chi connectivity index (χ2v) is 2.40. The molecule has 12 heavy (non-hydrogen) atoms. The summed E-state index contributed by atoms with van der Waals surface area (Å²) in [7, 11) is 3.57. The first-order valence-electron chi connectivity index (χ1n) is 3.80. The number of allylic oxidation sites excluding steroid dienone is 2. The number of carbonyl (C=O) groups excluding carboxylic acids is 1. The molecule has 0 saturated carbocycles. The highest BCUT2D eigenvalue weighted by Crippen LogP contribution is 2.01. The Morgan fingerprint density at radius 3 is 2.50 bits per heavy atom. The van der Waals surface area contributed by atoms with Crippen molar-refractivity contribution in [3.05, 3.63) is 24.4 Å². The fraction of sp³-hybridized carbons (Fsp3) is 0.444. The lowest BCUT2D eigenvalue weighted by Crippen LogP contribution is -2.21. The van der Waals surface area contributed by atoms with Crippen molar-refractivity contribution in [1.29, 1.82) is 0 Å².